The average molecular weight is 361 g/mol. The van der Waals surface area contributed by atoms with Gasteiger partial charge < -0.3 is 15.2 Å². The summed E-state index contributed by atoms with van der Waals surface area (Å²) in [4.78, 5) is 26.4. The highest BCUT2D eigenvalue weighted by molar-refractivity contribution is 5.96. The van der Waals surface area contributed by atoms with Crippen molar-refractivity contribution in [1.82, 2.24) is 10.1 Å². The molecule has 0 fully saturated rings. The van der Waals surface area contributed by atoms with Crippen LogP contribution >= 0.6 is 0 Å². The molecule has 1 aliphatic heterocycles. The van der Waals surface area contributed by atoms with E-state index in [2.05, 4.69) is 5.16 Å². The van der Waals surface area contributed by atoms with Gasteiger partial charge in [-0.2, -0.15) is 0 Å². The molecule has 27 heavy (non-hydrogen) atoms. The summed E-state index contributed by atoms with van der Waals surface area (Å²) in [6.45, 7) is 2.31. The summed E-state index contributed by atoms with van der Waals surface area (Å²) in [6.07, 6.45) is 0.403. The van der Waals surface area contributed by atoms with Crippen LogP contribution in [0.15, 0.2) is 59.1 Å². The number of nitrogens with zero attached hydrogens (tertiary/aromatic N) is 2. The Bertz CT molecular complexity index is 1010. The molecule has 2 heterocycles. The largest absolute Gasteiger partial charge is 0.368 e. The number of nitrogens with two attached hydrogens (primary N) is 1. The lowest BCUT2D eigenvalue weighted by Gasteiger charge is -2.34. The van der Waals surface area contributed by atoms with Gasteiger partial charge in [0, 0.05) is 24.6 Å². The maximum atomic E-state index is 13.0. The molecule has 6 nitrogen and oxygen atoms in total. The summed E-state index contributed by atoms with van der Waals surface area (Å²) in [5, 5.41) is 3.92. The first-order chi connectivity index (χ1) is 13.0. The minimum atomic E-state index is -0.702. The number of benzene rings is 2. The lowest BCUT2D eigenvalue weighted by molar-refractivity contribution is -0.122. The van der Waals surface area contributed by atoms with Crippen molar-refractivity contribution in [3.8, 4) is 11.3 Å². The van der Waals surface area contributed by atoms with Crippen molar-refractivity contribution in [2.45, 2.75) is 25.9 Å². The summed E-state index contributed by atoms with van der Waals surface area (Å²) < 4.78 is 5.35. The van der Waals surface area contributed by atoms with Crippen LogP contribution in [-0.4, -0.2) is 27.9 Å². The molecule has 0 aliphatic carbocycles. The van der Waals surface area contributed by atoms with Gasteiger partial charge in [-0.15, -0.1) is 0 Å². The molecule has 0 saturated heterocycles. The fourth-order valence-corrected chi connectivity index (χ4v) is 3.37. The van der Waals surface area contributed by atoms with Crippen molar-refractivity contribution in [2.75, 3.05) is 0 Å². The number of aryl methyl sites for hydroxylation is 1. The van der Waals surface area contributed by atoms with E-state index in [0.29, 0.717) is 18.7 Å². The van der Waals surface area contributed by atoms with E-state index in [9.17, 15) is 9.59 Å². The van der Waals surface area contributed by atoms with Crippen molar-refractivity contribution in [2.24, 2.45) is 5.73 Å². The second-order valence-electron chi connectivity index (χ2n) is 6.77. The summed E-state index contributed by atoms with van der Waals surface area (Å²) in [5.41, 5.74) is 9.73. The van der Waals surface area contributed by atoms with Crippen LogP contribution in [0.5, 0.6) is 0 Å². The normalized spacial score (nSPS) is 16.0. The van der Waals surface area contributed by atoms with E-state index in [1.165, 1.54) is 4.90 Å². The number of hydrogen-bond acceptors (Lipinski definition) is 4. The van der Waals surface area contributed by atoms with Crippen molar-refractivity contribution in [3.63, 3.8) is 0 Å². The quantitative estimate of drug-likeness (QED) is 0.777. The predicted molar refractivity (Wildman–Crippen MR) is 99.7 cm³/mol. The van der Waals surface area contributed by atoms with Gasteiger partial charge in [0.25, 0.3) is 5.91 Å². The fraction of sp³-hybridized carbons (Fsp3) is 0.190. The Morgan fingerprint density at radius 3 is 2.52 bits per heavy atom. The summed E-state index contributed by atoms with van der Waals surface area (Å²) in [6, 6.07) is 16.4. The molecule has 136 valence electrons. The van der Waals surface area contributed by atoms with Crippen molar-refractivity contribution in [1.29, 1.82) is 0 Å². The molecule has 1 unspecified atom stereocenters. The van der Waals surface area contributed by atoms with E-state index < -0.39 is 11.9 Å². The highest BCUT2D eigenvalue weighted by atomic mass is 16.5. The Kier molecular flexibility index (Phi) is 4.24. The standard InChI is InChI=1S/C21H19N3O3/c1-13-6-8-14(9-7-13)19-11-17(23-27-19)21(26)24-12-16-5-3-2-4-15(16)10-18(24)20(22)25/h2-9,11,18H,10,12H2,1H3,(H2,22,25). The average Bonchev–Trinajstić information content (AvgIpc) is 3.17. The van der Waals surface area contributed by atoms with Crippen LogP contribution in [0.1, 0.15) is 27.2 Å². The molecule has 0 bridgehead atoms. The summed E-state index contributed by atoms with van der Waals surface area (Å²) in [5.74, 6) is -0.387. The van der Waals surface area contributed by atoms with E-state index in [1.54, 1.807) is 6.07 Å². The third kappa shape index (κ3) is 3.21. The maximum absolute atomic E-state index is 13.0. The first-order valence-electron chi connectivity index (χ1n) is 8.74. The van der Waals surface area contributed by atoms with Gasteiger partial charge >= 0.3 is 0 Å². The number of rotatable bonds is 3. The van der Waals surface area contributed by atoms with Crippen molar-refractivity contribution >= 4 is 11.8 Å². The first kappa shape index (κ1) is 17.0. The zero-order valence-corrected chi connectivity index (χ0v) is 14.9. The van der Waals surface area contributed by atoms with Gasteiger partial charge in [-0.1, -0.05) is 59.3 Å². The molecule has 2 amide bonds. The smallest absolute Gasteiger partial charge is 0.277 e. The molecule has 4 rings (SSSR count). The summed E-state index contributed by atoms with van der Waals surface area (Å²) in [7, 11) is 0. The van der Waals surface area contributed by atoms with Crippen LogP contribution in [-0.2, 0) is 17.8 Å². The fourth-order valence-electron chi connectivity index (χ4n) is 3.37. The molecule has 0 spiro atoms. The number of amides is 2. The Morgan fingerprint density at radius 2 is 1.81 bits per heavy atom. The van der Waals surface area contributed by atoms with Crippen LogP contribution in [0.25, 0.3) is 11.3 Å². The van der Waals surface area contributed by atoms with Crippen LogP contribution in [0.4, 0.5) is 0 Å². The number of aromatic nitrogens is 1. The van der Waals surface area contributed by atoms with Gasteiger partial charge in [0.2, 0.25) is 5.91 Å². The zero-order chi connectivity index (χ0) is 19.0. The lowest BCUT2D eigenvalue weighted by atomic mass is 9.93. The monoisotopic (exact) mass is 361 g/mol. The minimum absolute atomic E-state index is 0.163. The Balaban J connectivity index is 1.63. The second kappa shape index (κ2) is 6.72. The third-order valence-corrected chi connectivity index (χ3v) is 4.90. The number of carbonyl (C=O) groups is 2. The maximum Gasteiger partial charge on any atom is 0.277 e. The van der Waals surface area contributed by atoms with E-state index in [4.69, 9.17) is 10.3 Å². The van der Waals surface area contributed by atoms with Gasteiger partial charge in [-0.25, -0.2) is 0 Å². The Labute approximate surface area is 156 Å². The van der Waals surface area contributed by atoms with E-state index in [1.807, 2.05) is 55.5 Å². The lowest BCUT2D eigenvalue weighted by Crippen LogP contribution is -2.51. The number of primary amides is 1. The van der Waals surface area contributed by atoms with E-state index in [-0.39, 0.29) is 11.6 Å². The molecule has 1 aliphatic rings. The topological polar surface area (TPSA) is 89.4 Å². The second-order valence-corrected chi connectivity index (χ2v) is 6.77. The van der Waals surface area contributed by atoms with Crippen LogP contribution in [0.3, 0.4) is 0 Å². The van der Waals surface area contributed by atoms with Gasteiger partial charge in [-0.3, -0.25) is 9.59 Å². The van der Waals surface area contributed by atoms with Gasteiger partial charge in [0.05, 0.1) is 0 Å². The van der Waals surface area contributed by atoms with Crippen LogP contribution in [0, 0.1) is 6.92 Å². The molecule has 0 radical (unpaired) electrons. The SMILES string of the molecule is Cc1ccc(-c2cc(C(=O)N3Cc4ccccc4CC3C(N)=O)no2)cc1. The summed E-state index contributed by atoms with van der Waals surface area (Å²) >= 11 is 0. The van der Waals surface area contributed by atoms with E-state index >= 15 is 0 Å². The molecule has 2 N–H and O–H groups in total. The number of carbonyl (C=O) groups excluding carboxylic acids is 2. The van der Waals surface area contributed by atoms with E-state index in [0.717, 1.165) is 22.3 Å². The zero-order valence-electron chi connectivity index (χ0n) is 14.9. The number of hydrogen-bond donors (Lipinski definition) is 1. The first-order valence-corrected chi connectivity index (χ1v) is 8.74. The predicted octanol–water partition coefficient (Wildman–Crippen LogP) is 2.70. The van der Waals surface area contributed by atoms with Gasteiger partial charge in [0.15, 0.2) is 11.5 Å². The van der Waals surface area contributed by atoms with Gasteiger partial charge in [-0.05, 0) is 18.1 Å². The van der Waals surface area contributed by atoms with Crippen LogP contribution in [0.2, 0.25) is 0 Å². The molecule has 1 atom stereocenters. The highest BCUT2D eigenvalue weighted by Gasteiger charge is 2.35. The molecular formula is C21H19N3O3. The molecular weight excluding hydrogens is 342 g/mol. The highest BCUT2D eigenvalue weighted by Crippen LogP contribution is 2.26. The molecule has 3 aromatic rings. The van der Waals surface area contributed by atoms with Crippen molar-refractivity contribution < 1.29 is 14.1 Å². The number of fused-ring (bicyclic) bond motifs is 1. The molecule has 2 aromatic carbocycles. The van der Waals surface area contributed by atoms with Crippen LogP contribution < -0.4 is 5.73 Å². The van der Waals surface area contributed by atoms with Crippen molar-refractivity contribution in [3.05, 3.63) is 77.0 Å². The molecule has 6 heteroatoms. The third-order valence-electron chi connectivity index (χ3n) is 4.90. The van der Waals surface area contributed by atoms with Gasteiger partial charge in [0.1, 0.15) is 6.04 Å². The Morgan fingerprint density at radius 1 is 1.11 bits per heavy atom. The Hall–Kier alpha value is -3.41. The molecule has 1 aromatic heterocycles. The minimum Gasteiger partial charge on any atom is -0.368 e. The molecule has 0 saturated carbocycles.